The van der Waals surface area contributed by atoms with Crippen molar-refractivity contribution in [3.8, 4) is 0 Å². The molecule has 0 N–H and O–H groups in total. The molecule has 1 amide bonds. The van der Waals surface area contributed by atoms with Gasteiger partial charge in [0.25, 0.3) is 0 Å². The summed E-state index contributed by atoms with van der Waals surface area (Å²) in [5.74, 6) is -1.47. The highest BCUT2D eigenvalue weighted by atomic mass is 79.9. The van der Waals surface area contributed by atoms with Gasteiger partial charge in [-0.25, -0.2) is 14.7 Å². The van der Waals surface area contributed by atoms with E-state index in [0.717, 1.165) is 17.8 Å². The predicted molar refractivity (Wildman–Crippen MR) is 144 cm³/mol. The molecule has 1 saturated carbocycles. The molecule has 2 aliphatic rings. The van der Waals surface area contributed by atoms with Crippen LogP contribution in [-0.4, -0.2) is 66.0 Å². The minimum atomic E-state index is -1.36. The van der Waals surface area contributed by atoms with Crippen LogP contribution in [0.2, 0.25) is 25.7 Å². The lowest BCUT2D eigenvalue weighted by Crippen LogP contribution is -2.47. The van der Waals surface area contributed by atoms with Crippen LogP contribution in [0, 0.1) is 11.9 Å². The van der Waals surface area contributed by atoms with Gasteiger partial charge in [-0.15, -0.1) is 0 Å². The Morgan fingerprint density at radius 2 is 2.00 bits per heavy atom. The fourth-order valence-electron chi connectivity index (χ4n) is 4.09. The number of esters is 1. The number of carbonyl (C=O) groups is 2. The van der Waals surface area contributed by atoms with Gasteiger partial charge in [0.05, 0.1) is 12.6 Å². The third-order valence-electron chi connectivity index (χ3n) is 6.13. The van der Waals surface area contributed by atoms with Crippen molar-refractivity contribution in [3.63, 3.8) is 0 Å². The predicted octanol–water partition coefficient (Wildman–Crippen LogP) is 5.78. The van der Waals surface area contributed by atoms with E-state index >= 15 is 4.39 Å². The first kappa shape index (κ1) is 29.1. The highest BCUT2D eigenvalue weighted by molar-refractivity contribution is 9.10. The fourth-order valence-corrected chi connectivity index (χ4v) is 6.77. The molecule has 1 fully saturated rings. The Kier molecular flexibility index (Phi) is 8.34. The van der Waals surface area contributed by atoms with E-state index in [0.29, 0.717) is 17.5 Å². The van der Waals surface area contributed by atoms with Crippen LogP contribution in [-0.2, 0) is 24.5 Å². The maximum absolute atomic E-state index is 15.0. The zero-order valence-corrected chi connectivity index (χ0v) is 25.5. The Morgan fingerprint density at radius 1 is 1.33 bits per heavy atom. The number of nitrogens with zero attached hydrogens (tertiary/aromatic N) is 3. The summed E-state index contributed by atoms with van der Waals surface area (Å²) in [6.45, 7) is 14.1. The molecule has 0 aromatic carbocycles. The molecular weight excluding hydrogens is 569 g/mol. The van der Waals surface area contributed by atoms with Gasteiger partial charge in [-0.05, 0) is 62.2 Å². The Bertz CT molecular complexity index is 1060. The maximum Gasteiger partial charge on any atom is 0.418 e. The SMILES string of the molecule is COC(=O)C12CC1[C@@](C)(c1cc(Br)cnc1F)N=C(N(COCC[Si](C)(C)C)C(=O)OC(C)(C)C)S2. The zero-order chi connectivity index (χ0) is 27.1. The molecule has 3 rings (SSSR count). The molecule has 1 aliphatic heterocycles. The summed E-state index contributed by atoms with van der Waals surface area (Å²) in [7, 11) is -0.0370. The molecule has 0 saturated heterocycles. The number of ether oxygens (including phenoxy) is 3. The van der Waals surface area contributed by atoms with Crippen LogP contribution >= 0.6 is 27.7 Å². The topological polar surface area (TPSA) is 90.3 Å². The van der Waals surface area contributed by atoms with Crippen molar-refractivity contribution < 1.29 is 28.2 Å². The standard InChI is InChI=1S/C24H35BrFN3O5SSi/c1-22(2,3)34-21(31)29(14-33-9-10-36(6,7)8)20-28-23(4,16-11-15(25)13-27-18(16)26)17-12-24(17,35-20)19(30)32-5/h11,13,17H,9-10,12,14H2,1-8H3/t17?,23-,24?/m1/s1. The van der Waals surface area contributed by atoms with Gasteiger partial charge < -0.3 is 14.2 Å². The van der Waals surface area contributed by atoms with Gasteiger partial charge in [0.15, 0.2) is 5.17 Å². The van der Waals surface area contributed by atoms with Crippen LogP contribution in [0.25, 0.3) is 0 Å². The molecule has 0 spiro atoms. The molecule has 1 aromatic rings. The van der Waals surface area contributed by atoms with Crippen LogP contribution in [0.15, 0.2) is 21.7 Å². The molecule has 36 heavy (non-hydrogen) atoms. The summed E-state index contributed by atoms with van der Waals surface area (Å²) >= 11 is 4.51. The van der Waals surface area contributed by atoms with Crippen molar-refractivity contribution >= 4 is 53.0 Å². The number of rotatable bonds is 7. The molecule has 12 heteroatoms. The van der Waals surface area contributed by atoms with E-state index in [1.807, 2.05) is 0 Å². The Morgan fingerprint density at radius 3 is 2.58 bits per heavy atom. The van der Waals surface area contributed by atoms with Crippen molar-refractivity contribution in [2.24, 2.45) is 10.9 Å². The van der Waals surface area contributed by atoms with E-state index in [4.69, 9.17) is 19.2 Å². The van der Waals surface area contributed by atoms with Crippen LogP contribution in [0.5, 0.6) is 0 Å². The molecule has 2 unspecified atom stereocenters. The minimum absolute atomic E-state index is 0.109. The third kappa shape index (κ3) is 6.31. The van der Waals surface area contributed by atoms with Gasteiger partial charge >= 0.3 is 12.1 Å². The number of hydrogen-bond acceptors (Lipinski definition) is 8. The van der Waals surface area contributed by atoms with Gasteiger partial charge in [0.2, 0.25) is 5.95 Å². The van der Waals surface area contributed by atoms with Crippen molar-refractivity contribution in [2.75, 3.05) is 20.4 Å². The Labute approximate surface area is 225 Å². The van der Waals surface area contributed by atoms with Crippen LogP contribution in [0.1, 0.15) is 39.7 Å². The molecule has 200 valence electrons. The average molecular weight is 605 g/mol. The highest BCUT2D eigenvalue weighted by Crippen LogP contribution is 2.67. The van der Waals surface area contributed by atoms with E-state index < -0.39 is 42.0 Å². The lowest BCUT2D eigenvalue weighted by molar-refractivity contribution is -0.141. The highest BCUT2D eigenvalue weighted by Gasteiger charge is 2.72. The summed E-state index contributed by atoms with van der Waals surface area (Å²) in [6, 6.07) is 2.53. The molecule has 1 aromatic heterocycles. The lowest BCUT2D eigenvalue weighted by atomic mass is 9.87. The quantitative estimate of drug-likeness (QED) is 0.128. The second-order valence-corrected chi connectivity index (χ2v) is 19.4. The van der Waals surface area contributed by atoms with Gasteiger partial charge in [0.1, 0.15) is 17.1 Å². The largest absolute Gasteiger partial charge is 0.468 e. The number of halogens is 2. The van der Waals surface area contributed by atoms with Crippen molar-refractivity contribution in [1.29, 1.82) is 0 Å². The van der Waals surface area contributed by atoms with Gasteiger partial charge in [-0.3, -0.25) is 9.79 Å². The van der Waals surface area contributed by atoms with Crippen molar-refractivity contribution in [1.82, 2.24) is 9.88 Å². The number of carbonyl (C=O) groups excluding carboxylic acids is 2. The second-order valence-electron chi connectivity index (χ2n) is 11.5. The Balaban J connectivity index is 2.05. The minimum Gasteiger partial charge on any atom is -0.468 e. The average Bonchev–Trinajstić information content (AvgIpc) is 3.49. The monoisotopic (exact) mass is 603 g/mol. The molecule has 1 aliphatic carbocycles. The molecule has 0 radical (unpaired) electrons. The second kappa shape index (κ2) is 10.3. The van der Waals surface area contributed by atoms with Gasteiger partial charge in [-0.1, -0.05) is 31.4 Å². The van der Waals surface area contributed by atoms with Gasteiger partial charge in [-0.2, -0.15) is 4.39 Å². The molecular formula is C24H35BrFN3O5SSi. The first-order chi connectivity index (χ1) is 16.5. The van der Waals surface area contributed by atoms with E-state index in [9.17, 15) is 9.59 Å². The van der Waals surface area contributed by atoms with Crippen LogP contribution in [0.3, 0.4) is 0 Å². The van der Waals surface area contributed by atoms with E-state index in [1.165, 1.54) is 18.2 Å². The number of thioether (sulfide) groups is 1. The van der Waals surface area contributed by atoms with Crippen molar-refractivity contribution in [2.45, 2.75) is 75.7 Å². The zero-order valence-electron chi connectivity index (χ0n) is 22.1. The first-order valence-electron chi connectivity index (χ1n) is 11.8. The fraction of sp³-hybridized carbons (Fsp3) is 0.667. The van der Waals surface area contributed by atoms with E-state index in [2.05, 4.69) is 40.6 Å². The number of fused-ring (bicyclic) bond motifs is 1. The smallest absolute Gasteiger partial charge is 0.418 e. The third-order valence-corrected chi connectivity index (χ3v) is 9.75. The number of methoxy groups -OCH3 is 1. The number of pyridine rings is 1. The van der Waals surface area contributed by atoms with Gasteiger partial charge in [0, 0.05) is 36.8 Å². The number of amidine groups is 1. The maximum atomic E-state index is 15.0. The van der Waals surface area contributed by atoms with Crippen LogP contribution < -0.4 is 0 Å². The molecule has 0 bridgehead atoms. The summed E-state index contributed by atoms with van der Waals surface area (Å²) in [5.41, 5.74) is -1.71. The van der Waals surface area contributed by atoms with E-state index in [1.54, 1.807) is 33.8 Å². The summed E-state index contributed by atoms with van der Waals surface area (Å²) in [5, 5.41) is 0.221. The summed E-state index contributed by atoms with van der Waals surface area (Å²) in [6.07, 6.45) is 1.12. The molecule has 2 heterocycles. The first-order valence-corrected chi connectivity index (χ1v) is 17.1. The summed E-state index contributed by atoms with van der Waals surface area (Å²) < 4.78 is 31.3. The lowest BCUT2D eigenvalue weighted by Gasteiger charge is -2.37. The van der Waals surface area contributed by atoms with Crippen LogP contribution in [0.4, 0.5) is 9.18 Å². The molecule has 3 atom stereocenters. The number of aliphatic imine (C=N–C) groups is 1. The Hall–Kier alpha value is -1.50. The number of amides is 1. The molecule has 8 nitrogen and oxygen atoms in total. The van der Waals surface area contributed by atoms with E-state index in [-0.39, 0.29) is 23.4 Å². The summed E-state index contributed by atoms with van der Waals surface area (Å²) in [4.78, 5) is 36.3. The number of hydrogen-bond donors (Lipinski definition) is 0. The number of aromatic nitrogens is 1. The van der Waals surface area contributed by atoms with Crippen molar-refractivity contribution in [3.05, 3.63) is 28.2 Å². The normalized spacial score (nSPS) is 25.5.